The summed E-state index contributed by atoms with van der Waals surface area (Å²) in [7, 11) is 0. The molecule has 0 spiro atoms. The van der Waals surface area contributed by atoms with Gasteiger partial charge in [-0.25, -0.2) is 4.98 Å². The smallest absolute Gasteiger partial charge is 0.138 e. The van der Waals surface area contributed by atoms with E-state index in [-0.39, 0.29) is 0 Å². The molecule has 1 fully saturated rings. The second kappa shape index (κ2) is 9.19. The number of rotatable bonds is 8. The summed E-state index contributed by atoms with van der Waals surface area (Å²) in [6, 6.07) is 0. The van der Waals surface area contributed by atoms with Gasteiger partial charge < -0.3 is 5.32 Å². The number of nitrogens with one attached hydrogen (secondary N) is 1. The van der Waals surface area contributed by atoms with Crippen molar-refractivity contribution >= 4 is 0 Å². The lowest BCUT2D eigenvalue weighted by molar-refractivity contribution is 0.290. The lowest BCUT2D eigenvalue weighted by Gasteiger charge is -2.25. The Morgan fingerprint density at radius 2 is 1.95 bits per heavy atom. The highest BCUT2D eigenvalue weighted by Crippen LogP contribution is 2.30. The molecule has 2 rings (SSSR count). The van der Waals surface area contributed by atoms with Gasteiger partial charge in [-0.05, 0) is 50.6 Å². The minimum Gasteiger partial charge on any atom is -0.316 e. The predicted molar refractivity (Wildman–Crippen MR) is 87.2 cm³/mol. The van der Waals surface area contributed by atoms with E-state index >= 15 is 0 Å². The van der Waals surface area contributed by atoms with Gasteiger partial charge in [0.25, 0.3) is 0 Å². The minimum atomic E-state index is 0.775. The molecule has 0 amide bonds. The second-order valence-electron chi connectivity index (χ2n) is 6.47. The third-order valence-electron chi connectivity index (χ3n) is 4.73. The molecule has 1 heterocycles. The molecule has 0 radical (unpaired) electrons. The quantitative estimate of drug-likeness (QED) is 0.589. The maximum Gasteiger partial charge on any atom is 0.138 e. The lowest BCUT2D eigenvalue weighted by atomic mass is 9.85. The van der Waals surface area contributed by atoms with Crippen LogP contribution in [0.3, 0.4) is 0 Å². The lowest BCUT2D eigenvalue weighted by Crippen LogP contribution is -2.30. The molecule has 1 aromatic heterocycles. The van der Waals surface area contributed by atoms with E-state index in [4.69, 9.17) is 0 Å². The van der Waals surface area contributed by atoms with Gasteiger partial charge in [-0.3, -0.25) is 4.68 Å². The number of hydrogen-bond donors (Lipinski definition) is 1. The van der Waals surface area contributed by atoms with Crippen LogP contribution in [0.1, 0.15) is 64.6 Å². The van der Waals surface area contributed by atoms with Crippen molar-refractivity contribution in [3.05, 3.63) is 12.2 Å². The van der Waals surface area contributed by atoms with Gasteiger partial charge in [-0.1, -0.05) is 33.1 Å². The Bertz CT molecular complexity index is 388. The van der Waals surface area contributed by atoms with Gasteiger partial charge in [-0.15, -0.1) is 0 Å². The molecule has 0 bridgehead atoms. The molecule has 0 aromatic carbocycles. The van der Waals surface area contributed by atoms with Crippen molar-refractivity contribution in [1.29, 1.82) is 0 Å². The molecule has 2 atom stereocenters. The monoisotopic (exact) mass is 292 g/mol. The first-order chi connectivity index (χ1) is 10.3. The first kappa shape index (κ1) is 16.5. The van der Waals surface area contributed by atoms with E-state index in [0.717, 1.165) is 37.8 Å². The predicted octanol–water partition coefficient (Wildman–Crippen LogP) is 3.43. The van der Waals surface area contributed by atoms with Crippen LogP contribution in [0.2, 0.25) is 0 Å². The highest BCUT2D eigenvalue weighted by atomic mass is 15.3. The molecule has 21 heavy (non-hydrogen) atoms. The Kier molecular flexibility index (Phi) is 7.20. The summed E-state index contributed by atoms with van der Waals surface area (Å²) in [5.74, 6) is 2.78. The summed E-state index contributed by atoms with van der Waals surface area (Å²) >= 11 is 0. The molecule has 1 aliphatic carbocycles. The normalized spacial score (nSPS) is 23.1. The molecule has 4 nitrogen and oxygen atoms in total. The zero-order chi connectivity index (χ0) is 14.9. The molecular weight excluding hydrogens is 260 g/mol. The number of aryl methyl sites for hydroxylation is 1. The standard InChI is InChI=1S/C17H32N4/c1-3-10-18-13-16-9-7-5-6-8-15(16)12-17-19-14-20-21(17)11-4-2/h14-16,18H,3-13H2,1-2H3. The Labute approximate surface area is 129 Å². The maximum absolute atomic E-state index is 4.52. The summed E-state index contributed by atoms with van der Waals surface area (Å²) < 4.78 is 2.11. The summed E-state index contributed by atoms with van der Waals surface area (Å²) in [5, 5.41) is 8.02. The van der Waals surface area contributed by atoms with E-state index in [1.165, 1.54) is 50.9 Å². The average Bonchev–Trinajstić information content (AvgIpc) is 2.79. The first-order valence-corrected chi connectivity index (χ1v) is 8.92. The average molecular weight is 292 g/mol. The summed E-state index contributed by atoms with van der Waals surface area (Å²) in [5.41, 5.74) is 0. The van der Waals surface area contributed by atoms with Crippen molar-refractivity contribution in [2.45, 2.75) is 71.8 Å². The Balaban J connectivity index is 1.97. The fraction of sp³-hybridized carbons (Fsp3) is 0.882. The highest BCUT2D eigenvalue weighted by molar-refractivity contribution is 4.90. The van der Waals surface area contributed by atoms with Crippen molar-refractivity contribution in [2.24, 2.45) is 11.8 Å². The van der Waals surface area contributed by atoms with E-state index in [1.807, 2.05) is 0 Å². The molecule has 1 aromatic rings. The van der Waals surface area contributed by atoms with Crippen LogP contribution in [0.5, 0.6) is 0 Å². The molecule has 4 heteroatoms. The molecule has 1 aliphatic rings. The van der Waals surface area contributed by atoms with Gasteiger partial charge in [0, 0.05) is 13.0 Å². The van der Waals surface area contributed by atoms with Crippen LogP contribution >= 0.6 is 0 Å². The van der Waals surface area contributed by atoms with Crippen LogP contribution in [0.4, 0.5) is 0 Å². The maximum atomic E-state index is 4.52. The van der Waals surface area contributed by atoms with Crippen molar-refractivity contribution in [3.8, 4) is 0 Å². The molecule has 0 aliphatic heterocycles. The largest absolute Gasteiger partial charge is 0.316 e. The SMILES string of the molecule is CCCNCC1CCCCCC1Cc1ncnn1CCC. The summed E-state index contributed by atoms with van der Waals surface area (Å²) in [6.07, 6.45) is 12.1. The molecule has 1 saturated carbocycles. The van der Waals surface area contributed by atoms with Gasteiger partial charge in [-0.2, -0.15) is 5.10 Å². The number of nitrogens with zero attached hydrogens (tertiary/aromatic N) is 3. The van der Waals surface area contributed by atoms with Crippen LogP contribution < -0.4 is 5.32 Å². The third kappa shape index (κ3) is 5.10. The summed E-state index contributed by atoms with van der Waals surface area (Å²) in [6.45, 7) is 7.77. The van der Waals surface area contributed by atoms with Crippen LogP contribution in [0.15, 0.2) is 6.33 Å². The van der Waals surface area contributed by atoms with Crippen LogP contribution in [0, 0.1) is 11.8 Å². The number of hydrogen-bond acceptors (Lipinski definition) is 3. The zero-order valence-electron chi connectivity index (χ0n) is 13.9. The topological polar surface area (TPSA) is 42.7 Å². The van der Waals surface area contributed by atoms with Gasteiger partial charge in [0.1, 0.15) is 12.2 Å². The molecule has 1 N–H and O–H groups in total. The molecule has 2 unspecified atom stereocenters. The van der Waals surface area contributed by atoms with Gasteiger partial charge >= 0.3 is 0 Å². The minimum absolute atomic E-state index is 0.775. The van der Waals surface area contributed by atoms with Crippen molar-refractivity contribution in [2.75, 3.05) is 13.1 Å². The van der Waals surface area contributed by atoms with E-state index in [2.05, 4.69) is 33.9 Å². The van der Waals surface area contributed by atoms with Crippen molar-refractivity contribution < 1.29 is 0 Å². The first-order valence-electron chi connectivity index (χ1n) is 8.92. The second-order valence-corrected chi connectivity index (χ2v) is 6.47. The van der Waals surface area contributed by atoms with Crippen LogP contribution in [-0.4, -0.2) is 27.9 Å². The zero-order valence-corrected chi connectivity index (χ0v) is 13.9. The Morgan fingerprint density at radius 1 is 1.14 bits per heavy atom. The van der Waals surface area contributed by atoms with Gasteiger partial charge in [0.05, 0.1) is 0 Å². The Hall–Kier alpha value is -0.900. The van der Waals surface area contributed by atoms with Crippen LogP contribution in [-0.2, 0) is 13.0 Å². The van der Waals surface area contributed by atoms with Gasteiger partial charge in [0.15, 0.2) is 0 Å². The van der Waals surface area contributed by atoms with E-state index in [0.29, 0.717) is 0 Å². The molecule has 120 valence electrons. The highest BCUT2D eigenvalue weighted by Gasteiger charge is 2.25. The third-order valence-corrected chi connectivity index (χ3v) is 4.73. The van der Waals surface area contributed by atoms with Crippen molar-refractivity contribution in [1.82, 2.24) is 20.1 Å². The Morgan fingerprint density at radius 3 is 2.71 bits per heavy atom. The molecular formula is C17H32N4. The number of aromatic nitrogens is 3. The fourth-order valence-corrected chi connectivity index (χ4v) is 3.54. The van der Waals surface area contributed by atoms with E-state index in [9.17, 15) is 0 Å². The fourth-order valence-electron chi connectivity index (χ4n) is 3.54. The van der Waals surface area contributed by atoms with E-state index < -0.39 is 0 Å². The van der Waals surface area contributed by atoms with Crippen LogP contribution in [0.25, 0.3) is 0 Å². The van der Waals surface area contributed by atoms with E-state index in [1.54, 1.807) is 6.33 Å². The molecule has 0 saturated heterocycles. The van der Waals surface area contributed by atoms with Crippen molar-refractivity contribution in [3.63, 3.8) is 0 Å². The summed E-state index contributed by atoms with van der Waals surface area (Å²) in [4.78, 5) is 4.52. The van der Waals surface area contributed by atoms with Gasteiger partial charge in [0.2, 0.25) is 0 Å².